The molecule has 0 spiro atoms. The molecule has 2 aromatic rings. The van der Waals surface area contributed by atoms with E-state index in [1.54, 1.807) is 0 Å². The van der Waals surface area contributed by atoms with Gasteiger partial charge in [-0.15, -0.1) is 0 Å². The van der Waals surface area contributed by atoms with Crippen LogP contribution in [0.2, 0.25) is 0 Å². The number of nitrogens with two attached hydrogens (primary N) is 1. The fourth-order valence-electron chi connectivity index (χ4n) is 2.61. The molecule has 0 bridgehead atoms. The van der Waals surface area contributed by atoms with E-state index in [0.717, 1.165) is 24.1 Å². The van der Waals surface area contributed by atoms with Crippen molar-refractivity contribution in [2.75, 3.05) is 20.6 Å². The van der Waals surface area contributed by atoms with Crippen LogP contribution < -0.4 is 5.73 Å². The predicted molar refractivity (Wildman–Crippen MR) is 73.3 cm³/mol. The third kappa shape index (κ3) is 2.54. The molecular weight excluding hydrogens is 226 g/mol. The van der Waals surface area contributed by atoms with Gasteiger partial charge in [-0.3, -0.25) is 0 Å². The van der Waals surface area contributed by atoms with Crippen LogP contribution in [0.25, 0.3) is 11.1 Å². The van der Waals surface area contributed by atoms with Crippen LogP contribution in [0.5, 0.6) is 0 Å². The van der Waals surface area contributed by atoms with Crippen molar-refractivity contribution in [2.45, 2.75) is 19.4 Å². The van der Waals surface area contributed by atoms with E-state index in [4.69, 9.17) is 10.2 Å². The average Bonchev–Trinajstić information content (AvgIpc) is 2.76. The third-order valence-electron chi connectivity index (χ3n) is 3.41. The van der Waals surface area contributed by atoms with Crippen molar-refractivity contribution in [1.29, 1.82) is 0 Å². The molecule has 2 unspecified atom stereocenters. The number of hydrogen-bond donors (Lipinski definition) is 1. The van der Waals surface area contributed by atoms with Crippen molar-refractivity contribution in [1.82, 2.24) is 9.88 Å². The van der Waals surface area contributed by atoms with Crippen LogP contribution in [0.1, 0.15) is 24.9 Å². The highest BCUT2D eigenvalue weighted by molar-refractivity contribution is 5.72. The quantitative estimate of drug-likeness (QED) is 0.881. The molecule has 0 saturated heterocycles. The van der Waals surface area contributed by atoms with Gasteiger partial charge in [0.2, 0.25) is 0 Å². The van der Waals surface area contributed by atoms with Crippen LogP contribution in [0.3, 0.4) is 0 Å². The molecule has 98 valence electrons. The Balaban J connectivity index is 2.34. The first-order valence-corrected chi connectivity index (χ1v) is 6.33. The van der Waals surface area contributed by atoms with Crippen LogP contribution in [0.15, 0.2) is 29.0 Å². The summed E-state index contributed by atoms with van der Waals surface area (Å²) in [7, 11) is 4.20. The Morgan fingerprint density at radius 3 is 2.83 bits per heavy atom. The van der Waals surface area contributed by atoms with Gasteiger partial charge in [0.15, 0.2) is 12.0 Å². The smallest absolute Gasteiger partial charge is 0.181 e. The zero-order valence-corrected chi connectivity index (χ0v) is 11.3. The van der Waals surface area contributed by atoms with E-state index >= 15 is 0 Å². The van der Waals surface area contributed by atoms with Gasteiger partial charge in [-0.05, 0) is 50.7 Å². The zero-order valence-electron chi connectivity index (χ0n) is 11.3. The minimum absolute atomic E-state index is 0.350. The summed E-state index contributed by atoms with van der Waals surface area (Å²) >= 11 is 0. The molecule has 0 fully saturated rings. The van der Waals surface area contributed by atoms with Crippen molar-refractivity contribution >= 4 is 11.1 Å². The number of nitrogens with zero attached hydrogens (tertiary/aromatic N) is 2. The van der Waals surface area contributed by atoms with Crippen molar-refractivity contribution in [3.63, 3.8) is 0 Å². The molecule has 1 aromatic carbocycles. The first kappa shape index (κ1) is 13.1. The van der Waals surface area contributed by atoms with E-state index in [2.05, 4.69) is 43.0 Å². The number of aromatic nitrogens is 1. The Kier molecular flexibility index (Phi) is 3.99. The zero-order chi connectivity index (χ0) is 13.1. The average molecular weight is 247 g/mol. The molecule has 0 saturated carbocycles. The number of hydrogen-bond acceptors (Lipinski definition) is 4. The van der Waals surface area contributed by atoms with Gasteiger partial charge in [-0.25, -0.2) is 4.98 Å². The van der Waals surface area contributed by atoms with Gasteiger partial charge in [0.1, 0.15) is 5.52 Å². The standard InChI is InChI=1S/C14H21N3O/c1-10(6-7-15)14(17(2)3)11-4-5-12-13(8-11)18-9-16-12/h4-5,8-10,14H,6-7,15H2,1-3H3. The van der Waals surface area contributed by atoms with Crippen molar-refractivity contribution in [2.24, 2.45) is 11.7 Å². The van der Waals surface area contributed by atoms with E-state index in [-0.39, 0.29) is 0 Å². The van der Waals surface area contributed by atoms with Crippen LogP contribution in [0, 0.1) is 5.92 Å². The lowest BCUT2D eigenvalue weighted by atomic mass is 9.91. The second kappa shape index (κ2) is 5.50. The first-order valence-electron chi connectivity index (χ1n) is 6.33. The summed E-state index contributed by atoms with van der Waals surface area (Å²) in [6.07, 6.45) is 2.50. The van der Waals surface area contributed by atoms with E-state index < -0.39 is 0 Å². The maximum Gasteiger partial charge on any atom is 0.181 e. The maximum atomic E-state index is 5.67. The highest BCUT2D eigenvalue weighted by Gasteiger charge is 2.21. The van der Waals surface area contributed by atoms with Crippen molar-refractivity contribution in [3.8, 4) is 0 Å². The molecule has 2 atom stereocenters. The summed E-state index contributed by atoms with van der Waals surface area (Å²) < 4.78 is 5.37. The number of benzene rings is 1. The third-order valence-corrected chi connectivity index (χ3v) is 3.41. The first-order chi connectivity index (χ1) is 8.63. The highest BCUT2D eigenvalue weighted by Crippen LogP contribution is 2.30. The van der Waals surface area contributed by atoms with Gasteiger partial charge < -0.3 is 15.1 Å². The van der Waals surface area contributed by atoms with Gasteiger partial charge in [-0.1, -0.05) is 13.0 Å². The van der Waals surface area contributed by atoms with E-state index in [1.807, 2.05) is 6.07 Å². The Morgan fingerprint density at radius 2 is 2.17 bits per heavy atom. The molecule has 1 aromatic heterocycles. The van der Waals surface area contributed by atoms with Crippen LogP contribution >= 0.6 is 0 Å². The summed E-state index contributed by atoms with van der Waals surface area (Å²) in [6, 6.07) is 6.57. The van der Waals surface area contributed by atoms with Gasteiger partial charge in [-0.2, -0.15) is 0 Å². The molecular formula is C14H21N3O. The number of fused-ring (bicyclic) bond motifs is 1. The predicted octanol–water partition coefficient (Wildman–Crippen LogP) is 2.42. The second-order valence-corrected chi connectivity index (χ2v) is 5.04. The summed E-state index contributed by atoms with van der Waals surface area (Å²) in [6.45, 7) is 2.96. The van der Waals surface area contributed by atoms with Crippen LogP contribution in [-0.4, -0.2) is 30.5 Å². The largest absolute Gasteiger partial charge is 0.443 e. The fraction of sp³-hybridized carbons (Fsp3) is 0.500. The lowest BCUT2D eigenvalue weighted by Gasteiger charge is -2.30. The Bertz CT molecular complexity index is 506. The van der Waals surface area contributed by atoms with Crippen LogP contribution in [0.4, 0.5) is 0 Å². The lowest BCUT2D eigenvalue weighted by Crippen LogP contribution is -2.27. The van der Waals surface area contributed by atoms with Gasteiger partial charge in [0.05, 0.1) is 0 Å². The second-order valence-electron chi connectivity index (χ2n) is 5.04. The lowest BCUT2D eigenvalue weighted by molar-refractivity contribution is 0.217. The highest BCUT2D eigenvalue weighted by atomic mass is 16.3. The maximum absolute atomic E-state index is 5.67. The van der Waals surface area contributed by atoms with Crippen molar-refractivity contribution in [3.05, 3.63) is 30.2 Å². The summed E-state index contributed by atoms with van der Waals surface area (Å²) in [5.41, 5.74) is 8.68. The molecule has 0 aliphatic carbocycles. The van der Waals surface area contributed by atoms with Gasteiger partial charge >= 0.3 is 0 Å². The number of oxazole rings is 1. The molecule has 0 aliphatic rings. The molecule has 0 amide bonds. The molecule has 4 nitrogen and oxygen atoms in total. The fourth-order valence-corrected chi connectivity index (χ4v) is 2.61. The molecule has 18 heavy (non-hydrogen) atoms. The minimum Gasteiger partial charge on any atom is -0.443 e. The Hall–Kier alpha value is -1.39. The van der Waals surface area contributed by atoms with E-state index in [1.165, 1.54) is 12.0 Å². The van der Waals surface area contributed by atoms with E-state index in [9.17, 15) is 0 Å². The van der Waals surface area contributed by atoms with Crippen molar-refractivity contribution < 1.29 is 4.42 Å². The Labute approximate surface area is 108 Å². The SMILES string of the molecule is CC(CCN)C(c1ccc2ncoc2c1)N(C)C. The molecule has 2 N–H and O–H groups in total. The van der Waals surface area contributed by atoms with E-state index in [0.29, 0.717) is 12.0 Å². The molecule has 2 rings (SSSR count). The normalized spacial score (nSPS) is 15.2. The summed E-state index contributed by atoms with van der Waals surface area (Å²) in [5.74, 6) is 0.505. The van der Waals surface area contributed by atoms with Gasteiger partial charge in [0.25, 0.3) is 0 Å². The number of rotatable bonds is 5. The summed E-state index contributed by atoms with van der Waals surface area (Å²) in [5, 5.41) is 0. The minimum atomic E-state index is 0.350. The monoisotopic (exact) mass is 247 g/mol. The Morgan fingerprint density at radius 1 is 1.39 bits per heavy atom. The molecule has 1 heterocycles. The molecule has 4 heteroatoms. The summed E-state index contributed by atoms with van der Waals surface area (Å²) in [4.78, 5) is 6.38. The molecule has 0 aliphatic heterocycles. The van der Waals surface area contributed by atoms with Gasteiger partial charge in [0, 0.05) is 6.04 Å². The topological polar surface area (TPSA) is 55.3 Å². The van der Waals surface area contributed by atoms with Crippen LogP contribution in [-0.2, 0) is 0 Å². The molecule has 0 radical (unpaired) electrons.